The first-order chi connectivity index (χ1) is 10.2. The van der Waals surface area contributed by atoms with Crippen LogP contribution in [0.2, 0.25) is 0 Å². The highest BCUT2D eigenvalue weighted by molar-refractivity contribution is 5.86. The second-order valence-electron chi connectivity index (χ2n) is 6.05. The first-order valence-electron chi connectivity index (χ1n) is 7.02. The van der Waals surface area contributed by atoms with Gasteiger partial charge in [-0.1, -0.05) is 0 Å². The molecule has 7 heteroatoms. The van der Waals surface area contributed by atoms with Crippen LogP contribution in [0.3, 0.4) is 0 Å². The Kier molecular flexibility index (Phi) is 4.16. The van der Waals surface area contributed by atoms with E-state index >= 15 is 0 Å². The fourth-order valence-corrected chi connectivity index (χ4v) is 2.58. The summed E-state index contributed by atoms with van der Waals surface area (Å²) in [4.78, 5) is 33.4. The van der Waals surface area contributed by atoms with E-state index in [1.807, 2.05) is 0 Å². The van der Waals surface area contributed by atoms with Gasteiger partial charge in [-0.3, -0.25) is 19.7 Å². The minimum atomic E-state index is -0.945. The molecule has 0 radical (unpaired) electrons. The van der Waals surface area contributed by atoms with Gasteiger partial charge in [0.15, 0.2) is 0 Å². The molecule has 1 aliphatic rings. The molecule has 1 aromatic rings. The van der Waals surface area contributed by atoms with Crippen molar-refractivity contribution in [1.29, 1.82) is 0 Å². The number of hydrogen-bond acceptors (Lipinski definition) is 4. The number of nitro benzene ring substituents is 1. The maximum absolute atomic E-state index is 12.2. The van der Waals surface area contributed by atoms with Gasteiger partial charge in [0.1, 0.15) is 0 Å². The van der Waals surface area contributed by atoms with Gasteiger partial charge in [0.2, 0.25) is 5.91 Å². The Hall–Kier alpha value is -2.44. The molecule has 7 nitrogen and oxygen atoms in total. The minimum Gasteiger partial charge on any atom is -0.481 e. The van der Waals surface area contributed by atoms with Gasteiger partial charge in [0.05, 0.1) is 22.3 Å². The minimum absolute atomic E-state index is 0.0178. The van der Waals surface area contributed by atoms with Gasteiger partial charge >= 0.3 is 5.97 Å². The molecule has 2 atom stereocenters. The lowest BCUT2D eigenvalue weighted by atomic mass is 9.72. The Morgan fingerprint density at radius 1 is 1.23 bits per heavy atom. The largest absolute Gasteiger partial charge is 0.481 e. The summed E-state index contributed by atoms with van der Waals surface area (Å²) in [5.74, 6) is -2.36. The number of aliphatic carboxylic acids is 1. The molecular weight excluding hydrogens is 288 g/mol. The van der Waals surface area contributed by atoms with Crippen molar-refractivity contribution >= 4 is 17.6 Å². The van der Waals surface area contributed by atoms with E-state index in [4.69, 9.17) is 5.11 Å². The smallest absolute Gasteiger partial charge is 0.307 e. The van der Waals surface area contributed by atoms with Crippen LogP contribution in [-0.2, 0) is 15.1 Å². The Balaban J connectivity index is 2.08. The number of nitrogens with zero attached hydrogens (tertiary/aromatic N) is 1. The lowest BCUT2D eigenvalue weighted by Gasteiger charge is -2.36. The standard InChI is InChI=1S/C15H18N2O5/c1-15(2,9-3-5-10(6-4-9)17(21)22)16-13(18)11-7-8-12(11)14(19)20/h3-6,11-12H,7-8H2,1-2H3,(H,16,18)(H,19,20). The zero-order valence-corrected chi connectivity index (χ0v) is 12.4. The highest BCUT2D eigenvalue weighted by Gasteiger charge is 2.42. The van der Waals surface area contributed by atoms with Crippen LogP contribution >= 0.6 is 0 Å². The van der Waals surface area contributed by atoms with Gasteiger partial charge in [0, 0.05) is 12.1 Å². The Bertz CT molecular complexity index is 609. The lowest BCUT2D eigenvalue weighted by Crippen LogP contribution is -2.49. The zero-order chi connectivity index (χ0) is 16.5. The summed E-state index contributed by atoms with van der Waals surface area (Å²) in [6, 6.07) is 5.95. The first kappa shape index (κ1) is 15.9. The molecular formula is C15H18N2O5. The van der Waals surface area contributed by atoms with E-state index < -0.39 is 28.3 Å². The maximum atomic E-state index is 12.2. The molecule has 0 aromatic heterocycles. The van der Waals surface area contributed by atoms with E-state index in [0.717, 1.165) is 5.56 Å². The predicted molar refractivity (Wildman–Crippen MR) is 78.1 cm³/mol. The predicted octanol–water partition coefficient (Wildman–Crippen LogP) is 2.06. The van der Waals surface area contributed by atoms with Crippen LogP contribution in [0.25, 0.3) is 0 Å². The second kappa shape index (κ2) is 5.75. The monoisotopic (exact) mass is 306 g/mol. The topological polar surface area (TPSA) is 110 Å². The van der Waals surface area contributed by atoms with Crippen molar-refractivity contribution in [3.63, 3.8) is 0 Å². The third kappa shape index (κ3) is 3.08. The van der Waals surface area contributed by atoms with Crippen LogP contribution < -0.4 is 5.32 Å². The number of nitrogens with one attached hydrogen (secondary N) is 1. The van der Waals surface area contributed by atoms with Crippen molar-refractivity contribution in [3.8, 4) is 0 Å². The highest BCUT2D eigenvalue weighted by Crippen LogP contribution is 2.35. The molecule has 2 unspecified atom stereocenters. The van der Waals surface area contributed by atoms with Crippen LogP contribution in [-0.4, -0.2) is 21.9 Å². The molecule has 0 heterocycles. The normalized spacial score (nSPS) is 20.8. The molecule has 2 rings (SSSR count). The zero-order valence-electron chi connectivity index (χ0n) is 12.4. The number of amides is 1. The summed E-state index contributed by atoms with van der Waals surface area (Å²) < 4.78 is 0. The molecule has 0 saturated heterocycles. The van der Waals surface area contributed by atoms with Gasteiger partial charge < -0.3 is 10.4 Å². The number of carboxylic acid groups (broad SMARTS) is 1. The van der Waals surface area contributed by atoms with E-state index in [9.17, 15) is 19.7 Å². The highest BCUT2D eigenvalue weighted by atomic mass is 16.6. The van der Waals surface area contributed by atoms with Gasteiger partial charge in [-0.05, 0) is 44.4 Å². The van der Waals surface area contributed by atoms with Crippen LogP contribution in [0.4, 0.5) is 5.69 Å². The summed E-state index contributed by atoms with van der Waals surface area (Å²) in [5, 5.41) is 22.5. The molecule has 1 aromatic carbocycles. The average molecular weight is 306 g/mol. The molecule has 22 heavy (non-hydrogen) atoms. The molecule has 118 valence electrons. The fourth-order valence-electron chi connectivity index (χ4n) is 2.58. The molecule has 2 N–H and O–H groups in total. The van der Waals surface area contributed by atoms with Crippen LogP contribution in [0.1, 0.15) is 32.3 Å². The quantitative estimate of drug-likeness (QED) is 0.639. The number of non-ortho nitro benzene ring substituents is 1. The van der Waals surface area contributed by atoms with Gasteiger partial charge in [-0.25, -0.2) is 0 Å². The van der Waals surface area contributed by atoms with Crippen LogP contribution in [0, 0.1) is 22.0 Å². The summed E-state index contributed by atoms with van der Waals surface area (Å²) in [5.41, 5.74) is -0.0290. The number of benzene rings is 1. The van der Waals surface area contributed by atoms with Crippen molar-refractivity contribution in [3.05, 3.63) is 39.9 Å². The Morgan fingerprint density at radius 2 is 1.77 bits per heavy atom. The molecule has 1 amide bonds. The van der Waals surface area contributed by atoms with Crippen molar-refractivity contribution in [2.24, 2.45) is 11.8 Å². The third-order valence-corrected chi connectivity index (χ3v) is 4.16. The van der Waals surface area contributed by atoms with Gasteiger partial charge in [0.25, 0.3) is 5.69 Å². The Morgan fingerprint density at radius 3 is 2.18 bits per heavy atom. The van der Waals surface area contributed by atoms with E-state index in [-0.39, 0.29) is 11.6 Å². The summed E-state index contributed by atoms with van der Waals surface area (Å²) >= 11 is 0. The molecule has 0 bridgehead atoms. The first-order valence-corrected chi connectivity index (χ1v) is 7.02. The number of nitro groups is 1. The number of carboxylic acids is 1. The number of hydrogen-bond donors (Lipinski definition) is 2. The summed E-state index contributed by atoms with van der Waals surface area (Å²) in [7, 11) is 0. The molecule has 1 saturated carbocycles. The van der Waals surface area contributed by atoms with Crippen molar-refractivity contribution in [1.82, 2.24) is 5.32 Å². The van der Waals surface area contributed by atoms with E-state index in [1.165, 1.54) is 12.1 Å². The summed E-state index contributed by atoms with van der Waals surface area (Å²) in [6.45, 7) is 3.56. The number of carbonyl (C=O) groups is 2. The fraction of sp³-hybridized carbons (Fsp3) is 0.467. The number of carbonyl (C=O) groups excluding carboxylic acids is 1. The number of rotatable bonds is 5. The van der Waals surface area contributed by atoms with Gasteiger partial charge in [-0.15, -0.1) is 0 Å². The lowest BCUT2D eigenvalue weighted by molar-refractivity contribution is -0.384. The second-order valence-corrected chi connectivity index (χ2v) is 6.05. The maximum Gasteiger partial charge on any atom is 0.307 e. The van der Waals surface area contributed by atoms with Gasteiger partial charge in [-0.2, -0.15) is 0 Å². The summed E-state index contributed by atoms with van der Waals surface area (Å²) in [6.07, 6.45) is 1.09. The van der Waals surface area contributed by atoms with E-state index in [0.29, 0.717) is 12.8 Å². The van der Waals surface area contributed by atoms with E-state index in [1.54, 1.807) is 26.0 Å². The molecule has 0 aliphatic heterocycles. The molecule has 0 spiro atoms. The third-order valence-electron chi connectivity index (χ3n) is 4.16. The molecule has 1 aliphatic carbocycles. The van der Waals surface area contributed by atoms with E-state index in [2.05, 4.69) is 5.32 Å². The average Bonchev–Trinajstić information content (AvgIpc) is 2.35. The van der Waals surface area contributed by atoms with Crippen LogP contribution in [0.5, 0.6) is 0 Å². The van der Waals surface area contributed by atoms with Crippen molar-refractivity contribution < 1.29 is 19.6 Å². The van der Waals surface area contributed by atoms with Crippen molar-refractivity contribution in [2.45, 2.75) is 32.2 Å². The van der Waals surface area contributed by atoms with Crippen molar-refractivity contribution in [2.75, 3.05) is 0 Å². The van der Waals surface area contributed by atoms with Crippen LogP contribution in [0.15, 0.2) is 24.3 Å². The Labute approximate surface area is 127 Å². The molecule has 1 fully saturated rings. The SMILES string of the molecule is CC(C)(NC(=O)C1CCC1C(=O)O)c1ccc([N+](=O)[O-])cc1.